The van der Waals surface area contributed by atoms with Crippen molar-refractivity contribution >= 4 is 0 Å². The zero-order chi connectivity index (χ0) is 18.1. The molecule has 4 rings (SSSR count). The van der Waals surface area contributed by atoms with Crippen molar-refractivity contribution < 1.29 is 14.3 Å². The van der Waals surface area contributed by atoms with Gasteiger partial charge in [0.15, 0.2) is 0 Å². The Labute approximate surface area is 151 Å². The van der Waals surface area contributed by atoms with E-state index in [2.05, 4.69) is 16.3 Å². The van der Waals surface area contributed by atoms with Crippen LogP contribution in [0.15, 0.2) is 46.9 Å². The van der Waals surface area contributed by atoms with Gasteiger partial charge in [-0.1, -0.05) is 6.07 Å². The summed E-state index contributed by atoms with van der Waals surface area (Å²) in [5.74, 6) is 1.74. The topological polar surface area (TPSA) is 94.4 Å². The molecule has 0 saturated carbocycles. The minimum atomic E-state index is -0.513. The average Bonchev–Trinajstić information content (AvgIpc) is 3.18. The van der Waals surface area contributed by atoms with Gasteiger partial charge in [-0.3, -0.25) is 0 Å². The first-order valence-electron chi connectivity index (χ1n) is 8.60. The second kappa shape index (κ2) is 6.55. The molecule has 1 aliphatic rings. The van der Waals surface area contributed by atoms with E-state index in [1.807, 2.05) is 36.4 Å². The van der Waals surface area contributed by atoms with Crippen LogP contribution in [0, 0.1) is 0 Å². The zero-order valence-corrected chi connectivity index (χ0v) is 14.6. The number of aliphatic hydroxyl groups excluding tert-OH is 1. The van der Waals surface area contributed by atoms with Crippen molar-refractivity contribution in [2.75, 3.05) is 13.7 Å². The molecule has 0 fully saturated rings. The van der Waals surface area contributed by atoms with Gasteiger partial charge >= 0.3 is 0 Å². The number of aliphatic hydroxyl groups is 1. The maximum Gasteiger partial charge on any atom is 0.248 e. The second-order valence-electron chi connectivity index (χ2n) is 6.82. The molecule has 0 amide bonds. The van der Waals surface area contributed by atoms with Gasteiger partial charge in [0.1, 0.15) is 5.75 Å². The number of rotatable bonds is 4. The Bertz CT molecular complexity index is 920. The predicted octanol–water partition coefficient (Wildman–Crippen LogP) is 2.59. The van der Waals surface area contributed by atoms with E-state index in [0.29, 0.717) is 18.2 Å². The lowest BCUT2D eigenvalue weighted by Gasteiger charge is -2.33. The summed E-state index contributed by atoms with van der Waals surface area (Å²) in [6, 6.07) is 13.6. The van der Waals surface area contributed by atoms with Crippen molar-refractivity contribution in [2.45, 2.75) is 24.8 Å². The van der Waals surface area contributed by atoms with Gasteiger partial charge in [-0.05, 0) is 66.8 Å². The van der Waals surface area contributed by atoms with Crippen LogP contribution in [0.3, 0.4) is 0 Å². The lowest BCUT2D eigenvalue weighted by Crippen LogP contribution is -2.48. The molecule has 0 saturated heterocycles. The molecule has 0 bridgehead atoms. The fourth-order valence-corrected chi connectivity index (χ4v) is 3.34. The molecule has 1 aromatic heterocycles. The van der Waals surface area contributed by atoms with Crippen LogP contribution in [0.5, 0.6) is 5.75 Å². The second-order valence-corrected chi connectivity index (χ2v) is 6.82. The molecule has 26 heavy (non-hydrogen) atoms. The van der Waals surface area contributed by atoms with Crippen molar-refractivity contribution in [3.8, 4) is 28.7 Å². The van der Waals surface area contributed by atoms with Crippen LogP contribution >= 0.6 is 0 Å². The van der Waals surface area contributed by atoms with Gasteiger partial charge in [0.25, 0.3) is 0 Å². The first kappa shape index (κ1) is 16.8. The minimum absolute atomic E-state index is 0.00305. The molecule has 6 nitrogen and oxygen atoms in total. The van der Waals surface area contributed by atoms with Gasteiger partial charge in [0.05, 0.1) is 13.7 Å². The SMILES string of the molecule is COc1ccc(-c2nnc(-c3ccc4c(c3)CCC(N)(CO)C4)o2)cc1. The van der Waals surface area contributed by atoms with Crippen molar-refractivity contribution in [1.82, 2.24) is 10.2 Å². The standard InChI is InChI=1S/C20H21N3O3/c1-25-17-6-4-13(5-7-17)18-22-23-19(26-18)15-2-3-16-11-20(21,12-24)9-8-14(16)10-15/h2-7,10,24H,8-9,11-12,21H2,1H3. The molecule has 1 unspecified atom stereocenters. The lowest BCUT2D eigenvalue weighted by atomic mass is 9.78. The zero-order valence-electron chi connectivity index (χ0n) is 14.6. The van der Waals surface area contributed by atoms with Crippen LogP contribution in [0.25, 0.3) is 22.9 Å². The van der Waals surface area contributed by atoms with E-state index in [0.717, 1.165) is 29.7 Å². The molecule has 3 aromatic rings. The molecule has 1 heterocycles. The Morgan fingerprint density at radius 2 is 1.77 bits per heavy atom. The highest BCUT2D eigenvalue weighted by Crippen LogP contribution is 2.31. The van der Waals surface area contributed by atoms with Crippen LogP contribution in [0.1, 0.15) is 17.5 Å². The van der Waals surface area contributed by atoms with Crippen LogP contribution in [0.4, 0.5) is 0 Å². The smallest absolute Gasteiger partial charge is 0.248 e. The molecule has 6 heteroatoms. The van der Waals surface area contributed by atoms with E-state index >= 15 is 0 Å². The third-order valence-electron chi connectivity index (χ3n) is 4.96. The van der Waals surface area contributed by atoms with Crippen LogP contribution < -0.4 is 10.5 Å². The Hall–Kier alpha value is -2.70. The van der Waals surface area contributed by atoms with Crippen molar-refractivity contribution in [3.63, 3.8) is 0 Å². The number of nitrogens with two attached hydrogens (primary N) is 1. The number of ether oxygens (including phenoxy) is 1. The van der Waals surface area contributed by atoms with Crippen molar-refractivity contribution in [1.29, 1.82) is 0 Å². The summed E-state index contributed by atoms with van der Waals surface area (Å²) in [6.07, 6.45) is 2.28. The van der Waals surface area contributed by atoms with E-state index in [4.69, 9.17) is 14.9 Å². The maximum absolute atomic E-state index is 9.49. The number of nitrogens with zero attached hydrogens (tertiary/aromatic N) is 2. The summed E-state index contributed by atoms with van der Waals surface area (Å²) in [7, 11) is 1.63. The van der Waals surface area contributed by atoms with Gasteiger partial charge < -0.3 is 20.0 Å². The molecular formula is C20H21N3O3. The fraction of sp³-hybridized carbons (Fsp3) is 0.300. The predicted molar refractivity (Wildman–Crippen MR) is 97.8 cm³/mol. The van der Waals surface area contributed by atoms with E-state index in [1.165, 1.54) is 11.1 Å². The van der Waals surface area contributed by atoms with Crippen LogP contribution in [-0.2, 0) is 12.8 Å². The highest BCUT2D eigenvalue weighted by molar-refractivity contribution is 5.60. The van der Waals surface area contributed by atoms with Gasteiger partial charge in [-0.2, -0.15) is 0 Å². The molecule has 3 N–H and O–H groups in total. The molecule has 2 aromatic carbocycles. The maximum atomic E-state index is 9.49. The lowest BCUT2D eigenvalue weighted by molar-refractivity contribution is 0.181. The Morgan fingerprint density at radius 3 is 2.46 bits per heavy atom. The van der Waals surface area contributed by atoms with Crippen molar-refractivity contribution in [3.05, 3.63) is 53.6 Å². The van der Waals surface area contributed by atoms with Gasteiger partial charge in [0, 0.05) is 16.7 Å². The molecule has 134 valence electrons. The molecule has 1 aliphatic carbocycles. The summed E-state index contributed by atoms with van der Waals surface area (Å²) < 4.78 is 11.0. The Morgan fingerprint density at radius 1 is 1.08 bits per heavy atom. The largest absolute Gasteiger partial charge is 0.497 e. The van der Waals surface area contributed by atoms with Crippen LogP contribution in [0.2, 0.25) is 0 Å². The average molecular weight is 351 g/mol. The van der Waals surface area contributed by atoms with Crippen molar-refractivity contribution in [2.24, 2.45) is 5.73 Å². The van der Waals surface area contributed by atoms with Gasteiger partial charge in [0.2, 0.25) is 11.8 Å². The summed E-state index contributed by atoms with van der Waals surface area (Å²) in [6.45, 7) is 0.00305. The number of hydrogen-bond acceptors (Lipinski definition) is 6. The first-order valence-corrected chi connectivity index (χ1v) is 8.60. The number of fused-ring (bicyclic) bond motifs is 1. The highest BCUT2D eigenvalue weighted by atomic mass is 16.5. The number of benzene rings is 2. The molecule has 0 radical (unpaired) electrons. The highest BCUT2D eigenvalue weighted by Gasteiger charge is 2.30. The number of aromatic nitrogens is 2. The summed E-state index contributed by atoms with van der Waals surface area (Å²) in [5, 5.41) is 17.8. The van der Waals surface area contributed by atoms with E-state index in [9.17, 15) is 5.11 Å². The number of methoxy groups -OCH3 is 1. The Kier molecular flexibility index (Phi) is 4.22. The normalized spacial score (nSPS) is 19.2. The third kappa shape index (κ3) is 3.09. The summed E-state index contributed by atoms with van der Waals surface area (Å²) in [4.78, 5) is 0. The third-order valence-corrected chi connectivity index (χ3v) is 4.96. The van der Waals surface area contributed by atoms with Gasteiger partial charge in [-0.25, -0.2) is 0 Å². The fourth-order valence-electron chi connectivity index (χ4n) is 3.34. The van der Waals surface area contributed by atoms with Crippen LogP contribution in [-0.4, -0.2) is 34.6 Å². The summed E-state index contributed by atoms with van der Waals surface area (Å²) >= 11 is 0. The molecular weight excluding hydrogens is 330 g/mol. The van der Waals surface area contributed by atoms with E-state index < -0.39 is 5.54 Å². The minimum Gasteiger partial charge on any atom is -0.497 e. The summed E-state index contributed by atoms with van der Waals surface area (Å²) in [5.41, 5.74) is 9.83. The van der Waals surface area contributed by atoms with E-state index in [1.54, 1.807) is 7.11 Å². The van der Waals surface area contributed by atoms with Gasteiger partial charge in [-0.15, -0.1) is 10.2 Å². The molecule has 1 atom stereocenters. The number of hydrogen-bond donors (Lipinski definition) is 2. The monoisotopic (exact) mass is 351 g/mol. The molecule has 0 aliphatic heterocycles. The number of aryl methyl sites for hydroxylation is 1. The quantitative estimate of drug-likeness (QED) is 0.750. The Balaban J connectivity index is 1.60. The first-order chi connectivity index (χ1) is 12.6. The van der Waals surface area contributed by atoms with E-state index in [-0.39, 0.29) is 6.61 Å². The molecule has 0 spiro atoms.